The molecule has 2 nitrogen and oxygen atoms in total. The van der Waals surface area contributed by atoms with Crippen LogP contribution in [0.2, 0.25) is 0 Å². The van der Waals surface area contributed by atoms with Crippen LogP contribution < -0.4 is 0 Å². The van der Waals surface area contributed by atoms with E-state index in [9.17, 15) is 23.4 Å². The first-order valence-electron chi connectivity index (χ1n) is 4.26. The smallest absolute Gasteiger partial charge is 0.416 e. The number of rotatable bonds is 1. The normalized spacial score (nSPS) is 12.9. The van der Waals surface area contributed by atoms with Crippen LogP contribution in [0.1, 0.15) is 25.0 Å². The van der Waals surface area contributed by atoms with Gasteiger partial charge in [-0.05, 0) is 26.0 Å². The molecule has 5 heteroatoms. The number of aromatic hydroxyl groups is 1. The van der Waals surface area contributed by atoms with Gasteiger partial charge < -0.3 is 10.2 Å². The zero-order chi connectivity index (χ0) is 11.9. The monoisotopic (exact) mass is 220 g/mol. The Kier molecular flexibility index (Phi) is 2.69. The van der Waals surface area contributed by atoms with Crippen LogP contribution in [-0.4, -0.2) is 10.2 Å². The Morgan fingerprint density at radius 2 is 1.67 bits per heavy atom. The molecule has 2 N–H and O–H groups in total. The fourth-order valence-electron chi connectivity index (χ4n) is 1.42. The molecule has 0 amide bonds. The lowest BCUT2D eigenvalue weighted by Gasteiger charge is -2.23. The van der Waals surface area contributed by atoms with Crippen molar-refractivity contribution in [2.24, 2.45) is 0 Å². The van der Waals surface area contributed by atoms with E-state index in [-0.39, 0.29) is 0 Å². The molecule has 0 bridgehead atoms. The molecule has 0 saturated heterocycles. The van der Waals surface area contributed by atoms with Crippen LogP contribution in [0.15, 0.2) is 18.2 Å². The molecule has 1 aromatic carbocycles. The van der Waals surface area contributed by atoms with Gasteiger partial charge in [0.25, 0.3) is 0 Å². The van der Waals surface area contributed by atoms with Crippen LogP contribution in [0, 0.1) is 0 Å². The quantitative estimate of drug-likeness (QED) is 0.763. The van der Waals surface area contributed by atoms with Crippen molar-refractivity contribution in [1.29, 1.82) is 0 Å². The number of phenolic OH excluding ortho intramolecular Hbond substituents is 1. The highest BCUT2D eigenvalue weighted by atomic mass is 19.4. The van der Waals surface area contributed by atoms with Crippen molar-refractivity contribution >= 4 is 0 Å². The third-order valence-corrected chi connectivity index (χ3v) is 1.96. The second-order valence-electron chi connectivity index (χ2n) is 3.76. The highest BCUT2D eigenvalue weighted by Crippen LogP contribution is 2.40. The predicted molar refractivity (Wildman–Crippen MR) is 48.4 cm³/mol. The largest absolute Gasteiger partial charge is 0.508 e. The summed E-state index contributed by atoms with van der Waals surface area (Å²) in [5.41, 5.74) is -3.26. The van der Waals surface area contributed by atoms with Crippen molar-refractivity contribution in [3.63, 3.8) is 0 Å². The standard InChI is InChI=1S/C10H11F3O2/c1-9(2,15)8-6(10(11,12)13)4-3-5-7(8)14/h3-5,14-15H,1-2H3. The number of aliphatic hydroxyl groups is 1. The van der Waals surface area contributed by atoms with E-state index >= 15 is 0 Å². The lowest BCUT2D eigenvalue weighted by atomic mass is 9.92. The molecule has 0 unspecified atom stereocenters. The van der Waals surface area contributed by atoms with Gasteiger partial charge in [-0.1, -0.05) is 6.07 Å². The molecular formula is C10H11F3O2. The van der Waals surface area contributed by atoms with Gasteiger partial charge in [-0.3, -0.25) is 0 Å². The van der Waals surface area contributed by atoms with Crippen molar-refractivity contribution in [3.05, 3.63) is 29.3 Å². The molecule has 15 heavy (non-hydrogen) atoms. The third-order valence-electron chi connectivity index (χ3n) is 1.96. The van der Waals surface area contributed by atoms with Crippen LogP contribution in [-0.2, 0) is 11.8 Å². The summed E-state index contributed by atoms with van der Waals surface area (Å²) in [5, 5.41) is 18.9. The zero-order valence-corrected chi connectivity index (χ0v) is 8.26. The third kappa shape index (κ3) is 2.41. The van der Waals surface area contributed by atoms with Crippen LogP contribution in [0.4, 0.5) is 13.2 Å². The Morgan fingerprint density at radius 3 is 2.00 bits per heavy atom. The van der Waals surface area contributed by atoms with Crippen LogP contribution >= 0.6 is 0 Å². The maximum Gasteiger partial charge on any atom is 0.416 e. The van der Waals surface area contributed by atoms with Gasteiger partial charge in [-0.25, -0.2) is 0 Å². The number of alkyl halides is 3. The molecule has 0 fully saturated rings. The molecule has 0 heterocycles. The van der Waals surface area contributed by atoms with Crippen LogP contribution in [0.25, 0.3) is 0 Å². The Morgan fingerprint density at radius 1 is 1.13 bits per heavy atom. The molecule has 0 aliphatic rings. The molecule has 1 aromatic rings. The highest BCUT2D eigenvalue weighted by molar-refractivity contribution is 5.44. The highest BCUT2D eigenvalue weighted by Gasteiger charge is 2.38. The second-order valence-corrected chi connectivity index (χ2v) is 3.76. The first-order chi connectivity index (χ1) is 6.64. The zero-order valence-electron chi connectivity index (χ0n) is 8.26. The maximum absolute atomic E-state index is 12.5. The van der Waals surface area contributed by atoms with Crippen molar-refractivity contribution in [2.45, 2.75) is 25.6 Å². The topological polar surface area (TPSA) is 40.5 Å². The molecule has 1 rings (SSSR count). The SMILES string of the molecule is CC(C)(O)c1c(O)cccc1C(F)(F)F. The van der Waals surface area contributed by atoms with Crippen molar-refractivity contribution < 1.29 is 23.4 Å². The Hall–Kier alpha value is -1.23. The summed E-state index contributed by atoms with van der Waals surface area (Å²) >= 11 is 0. The van der Waals surface area contributed by atoms with E-state index < -0.39 is 28.7 Å². The molecule has 0 aliphatic carbocycles. The Bertz CT molecular complexity index is 364. The summed E-state index contributed by atoms with van der Waals surface area (Å²) in [6.45, 7) is 2.38. The molecule has 0 atom stereocenters. The Balaban J connectivity index is 3.48. The molecule has 84 valence electrons. The maximum atomic E-state index is 12.5. The van der Waals surface area contributed by atoms with E-state index in [1.54, 1.807) is 0 Å². The summed E-state index contributed by atoms with van der Waals surface area (Å²) in [6.07, 6.45) is -4.59. The lowest BCUT2D eigenvalue weighted by molar-refractivity contribution is -0.140. The molecule has 0 aliphatic heterocycles. The average molecular weight is 220 g/mol. The fraction of sp³-hybridized carbons (Fsp3) is 0.400. The van der Waals surface area contributed by atoms with Gasteiger partial charge in [0.2, 0.25) is 0 Å². The van der Waals surface area contributed by atoms with E-state index in [2.05, 4.69) is 0 Å². The molecule has 0 saturated carbocycles. The van der Waals surface area contributed by atoms with E-state index in [0.717, 1.165) is 18.2 Å². The van der Waals surface area contributed by atoms with Gasteiger partial charge in [0.1, 0.15) is 5.75 Å². The number of halogens is 3. The predicted octanol–water partition coefficient (Wildman–Crippen LogP) is 2.64. The van der Waals surface area contributed by atoms with Gasteiger partial charge in [-0.2, -0.15) is 13.2 Å². The van der Waals surface area contributed by atoms with Gasteiger partial charge >= 0.3 is 6.18 Å². The molecular weight excluding hydrogens is 209 g/mol. The summed E-state index contributed by atoms with van der Waals surface area (Å²) in [4.78, 5) is 0. The van der Waals surface area contributed by atoms with Crippen molar-refractivity contribution in [3.8, 4) is 5.75 Å². The molecule has 0 radical (unpaired) electrons. The van der Waals surface area contributed by atoms with Crippen LogP contribution in [0.5, 0.6) is 5.75 Å². The second kappa shape index (κ2) is 3.41. The molecule has 0 spiro atoms. The van der Waals surface area contributed by atoms with Gasteiger partial charge in [0, 0.05) is 5.56 Å². The van der Waals surface area contributed by atoms with E-state index in [4.69, 9.17) is 0 Å². The first kappa shape index (κ1) is 11.8. The first-order valence-corrected chi connectivity index (χ1v) is 4.26. The van der Waals surface area contributed by atoms with Gasteiger partial charge in [0.05, 0.1) is 11.2 Å². The minimum absolute atomic E-state index is 0.502. The van der Waals surface area contributed by atoms with Gasteiger partial charge in [0.15, 0.2) is 0 Å². The number of hydrogen-bond acceptors (Lipinski definition) is 2. The summed E-state index contributed by atoms with van der Waals surface area (Å²) < 4.78 is 37.6. The number of hydrogen-bond donors (Lipinski definition) is 2. The Labute approximate surface area is 85.0 Å². The average Bonchev–Trinajstić information content (AvgIpc) is 1.99. The molecule has 0 aromatic heterocycles. The summed E-state index contributed by atoms with van der Waals surface area (Å²) in [6, 6.07) is 3.03. The minimum Gasteiger partial charge on any atom is -0.508 e. The minimum atomic E-state index is -4.59. The fourth-order valence-corrected chi connectivity index (χ4v) is 1.42. The van der Waals surface area contributed by atoms with Crippen molar-refractivity contribution in [2.75, 3.05) is 0 Å². The van der Waals surface area contributed by atoms with Gasteiger partial charge in [-0.15, -0.1) is 0 Å². The van der Waals surface area contributed by atoms with Crippen LogP contribution in [0.3, 0.4) is 0 Å². The van der Waals surface area contributed by atoms with E-state index in [1.807, 2.05) is 0 Å². The van der Waals surface area contributed by atoms with E-state index in [1.165, 1.54) is 13.8 Å². The summed E-state index contributed by atoms with van der Waals surface area (Å²) in [7, 11) is 0. The summed E-state index contributed by atoms with van der Waals surface area (Å²) in [5.74, 6) is -0.558. The lowest BCUT2D eigenvalue weighted by Crippen LogP contribution is -2.22. The number of phenols is 1. The van der Waals surface area contributed by atoms with Crippen molar-refractivity contribution in [1.82, 2.24) is 0 Å². The van der Waals surface area contributed by atoms with E-state index in [0.29, 0.717) is 0 Å². The number of benzene rings is 1.